The Morgan fingerprint density at radius 1 is 1.37 bits per heavy atom. The number of ether oxygens (including phenoxy) is 1. The number of nitrogens with zero attached hydrogens (tertiary/aromatic N) is 3. The van der Waals surface area contributed by atoms with E-state index in [2.05, 4.69) is 10.2 Å². The summed E-state index contributed by atoms with van der Waals surface area (Å²) in [4.78, 5) is 11.7. The van der Waals surface area contributed by atoms with Crippen LogP contribution in [0.3, 0.4) is 0 Å². The minimum absolute atomic E-state index is 0.237. The van der Waals surface area contributed by atoms with Gasteiger partial charge in [0.2, 0.25) is 0 Å². The third kappa shape index (κ3) is 2.36. The van der Waals surface area contributed by atoms with Crippen LogP contribution in [0.1, 0.15) is 34.6 Å². The van der Waals surface area contributed by atoms with Gasteiger partial charge in [-0.05, 0) is 36.6 Å². The Bertz CT molecular complexity index is 619. The van der Waals surface area contributed by atoms with Gasteiger partial charge >= 0.3 is 0 Å². The molecule has 0 saturated heterocycles. The van der Waals surface area contributed by atoms with Gasteiger partial charge in [0.25, 0.3) is 0 Å². The molecule has 0 aliphatic heterocycles. The minimum Gasteiger partial charge on any atom is -0.486 e. The lowest BCUT2D eigenvalue weighted by molar-refractivity contribution is 0.0972. The molecule has 1 aliphatic rings. The molecule has 1 aromatic heterocycles. The van der Waals surface area contributed by atoms with E-state index in [4.69, 9.17) is 4.74 Å². The maximum absolute atomic E-state index is 11.7. The van der Waals surface area contributed by atoms with Crippen molar-refractivity contribution in [2.45, 2.75) is 25.9 Å². The molecule has 0 fully saturated rings. The van der Waals surface area contributed by atoms with E-state index < -0.39 is 0 Å². The fourth-order valence-corrected chi connectivity index (χ4v) is 2.30. The van der Waals surface area contributed by atoms with Crippen molar-refractivity contribution in [1.29, 1.82) is 0 Å². The number of benzene rings is 1. The van der Waals surface area contributed by atoms with Crippen LogP contribution in [0.4, 0.5) is 0 Å². The molecule has 0 saturated carbocycles. The van der Waals surface area contributed by atoms with Crippen LogP contribution in [0.25, 0.3) is 0 Å². The molecule has 1 aromatic carbocycles. The topological polar surface area (TPSA) is 57.0 Å². The number of carbonyl (C=O) groups is 1. The Hall–Kier alpha value is -2.17. The summed E-state index contributed by atoms with van der Waals surface area (Å²) in [6.07, 6.45) is 4.18. The Balaban J connectivity index is 1.76. The van der Waals surface area contributed by atoms with Crippen molar-refractivity contribution in [2.75, 3.05) is 0 Å². The van der Waals surface area contributed by atoms with Crippen molar-refractivity contribution >= 4 is 5.78 Å². The van der Waals surface area contributed by atoms with Crippen LogP contribution < -0.4 is 4.74 Å². The number of aryl methyl sites for hydroxylation is 2. The van der Waals surface area contributed by atoms with Crippen LogP contribution in [0.2, 0.25) is 0 Å². The Kier molecular flexibility index (Phi) is 3.03. The fourth-order valence-electron chi connectivity index (χ4n) is 2.30. The monoisotopic (exact) mass is 257 g/mol. The zero-order valence-corrected chi connectivity index (χ0v) is 10.8. The number of aromatic nitrogens is 3. The number of carbonyl (C=O) groups excluding carboxylic acids is 1. The normalized spacial score (nSPS) is 14.3. The molecule has 5 nitrogen and oxygen atoms in total. The molecule has 0 amide bonds. The molecule has 0 spiro atoms. The third-order valence-corrected chi connectivity index (χ3v) is 3.40. The quantitative estimate of drug-likeness (QED) is 0.842. The molecule has 0 radical (unpaired) electrons. The van der Waals surface area contributed by atoms with E-state index in [1.807, 2.05) is 29.8 Å². The second-order valence-electron chi connectivity index (χ2n) is 4.74. The Labute approximate surface area is 111 Å². The van der Waals surface area contributed by atoms with E-state index in [1.165, 1.54) is 0 Å². The second kappa shape index (κ2) is 4.84. The summed E-state index contributed by atoms with van der Waals surface area (Å²) >= 11 is 0. The molecular formula is C14H15N3O2. The molecule has 98 valence electrons. The highest BCUT2D eigenvalue weighted by molar-refractivity contribution is 5.98. The van der Waals surface area contributed by atoms with Crippen LogP contribution in [0.5, 0.6) is 5.75 Å². The predicted octanol–water partition coefficient (Wildman–Crippen LogP) is 1.91. The summed E-state index contributed by atoms with van der Waals surface area (Å²) < 4.78 is 7.52. The van der Waals surface area contributed by atoms with Gasteiger partial charge in [0.05, 0.1) is 0 Å². The molecule has 3 rings (SSSR count). The maximum atomic E-state index is 11.7. The minimum atomic E-state index is 0.237. The Morgan fingerprint density at radius 3 is 3.05 bits per heavy atom. The first kappa shape index (κ1) is 11.9. The molecule has 2 aromatic rings. The van der Waals surface area contributed by atoms with Crippen LogP contribution in [-0.2, 0) is 20.1 Å². The summed E-state index contributed by atoms with van der Waals surface area (Å²) in [7, 11) is 1.88. The molecule has 5 heteroatoms. The van der Waals surface area contributed by atoms with Gasteiger partial charge in [-0.25, -0.2) is 0 Å². The van der Waals surface area contributed by atoms with Gasteiger partial charge in [0.1, 0.15) is 18.7 Å². The van der Waals surface area contributed by atoms with Crippen LogP contribution >= 0.6 is 0 Å². The highest BCUT2D eigenvalue weighted by Crippen LogP contribution is 2.25. The van der Waals surface area contributed by atoms with Gasteiger partial charge in [-0.1, -0.05) is 0 Å². The molecule has 1 aliphatic carbocycles. The standard InChI is InChI=1S/C14H15N3O2/c1-17-9-15-16-14(17)8-19-11-5-6-12-10(7-11)3-2-4-13(12)18/h5-7,9H,2-4,8H2,1H3. The average Bonchev–Trinajstić information content (AvgIpc) is 2.82. The van der Waals surface area contributed by atoms with Crippen molar-refractivity contribution in [3.8, 4) is 5.75 Å². The van der Waals surface area contributed by atoms with E-state index >= 15 is 0 Å². The highest BCUT2D eigenvalue weighted by Gasteiger charge is 2.17. The van der Waals surface area contributed by atoms with Crippen molar-refractivity contribution in [1.82, 2.24) is 14.8 Å². The molecule has 0 N–H and O–H groups in total. The SMILES string of the molecule is Cn1cnnc1COc1ccc2c(c1)CCCC2=O. The molecular weight excluding hydrogens is 242 g/mol. The van der Waals surface area contributed by atoms with E-state index in [9.17, 15) is 4.79 Å². The molecule has 0 atom stereocenters. The number of hydrogen-bond donors (Lipinski definition) is 0. The lowest BCUT2D eigenvalue weighted by atomic mass is 9.91. The van der Waals surface area contributed by atoms with Crippen molar-refractivity contribution < 1.29 is 9.53 Å². The van der Waals surface area contributed by atoms with Gasteiger partial charge in [-0.2, -0.15) is 0 Å². The van der Waals surface area contributed by atoms with Gasteiger partial charge in [0.15, 0.2) is 11.6 Å². The van der Waals surface area contributed by atoms with Crippen molar-refractivity contribution in [3.63, 3.8) is 0 Å². The Morgan fingerprint density at radius 2 is 2.26 bits per heavy atom. The van der Waals surface area contributed by atoms with Gasteiger partial charge in [0, 0.05) is 19.0 Å². The second-order valence-corrected chi connectivity index (χ2v) is 4.74. The number of fused-ring (bicyclic) bond motifs is 1. The smallest absolute Gasteiger partial charge is 0.170 e. The first-order chi connectivity index (χ1) is 9.24. The maximum Gasteiger partial charge on any atom is 0.170 e. The summed E-state index contributed by atoms with van der Waals surface area (Å²) in [6, 6.07) is 5.67. The lowest BCUT2D eigenvalue weighted by Crippen LogP contribution is -2.11. The van der Waals surface area contributed by atoms with E-state index in [0.29, 0.717) is 13.0 Å². The van der Waals surface area contributed by atoms with E-state index in [-0.39, 0.29) is 5.78 Å². The molecule has 0 unspecified atom stereocenters. The lowest BCUT2D eigenvalue weighted by Gasteiger charge is -2.15. The zero-order chi connectivity index (χ0) is 13.2. The first-order valence-electron chi connectivity index (χ1n) is 6.36. The first-order valence-corrected chi connectivity index (χ1v) is 6.36. The fraction of sp³-hybridized carbons (Fsp3) is 0.357. The van der Waals surface area contributed by atoms with Gasteiger partial charge < -0.3 is 9.30 Å². The van der Waals surface area contributed by atoms with Crippen molar-refractivity contribution in [3.05, 3.63) is 41.5 Å². The molecule has 1 heterocycles. The van der Waals surface area contributed by atoms with Crippen molar-refractivity contribution in [2.24, 2.45) is 7.05 Å². The van der Waals surface area contributed by atoms with E-state index in [0.717, 1.165) is 35.5 Å². The molecule has 19 heavy (non-hydrogen) atoms. The van der Waals surface area contributed by atoms with Gasteiger partial charge in [-0.15, -0.1) is 10.2 Å². The van der Waals surface area contributed by atoms with E-state index in [1.54, 1.807) is 6.33 Å². The third-order valence-electron chi connectivity index (χ3n) is 3.40. The number of rotatable bonds is 3. The summed E-state index contributed by atoms with van der Waals surface area (Å²) in [5.41, 5.74) is 1.93. The van der Waals surface area contributed by atoms with Crippen LogP contribution in [0, 0.1) is 0 Å². The van der Waals surface area contributed by atoms with Gasteiger partial charge in [-0.3, -0.25) is 4.79 Å². The number of hydrogen-bond acceptors (Lipinski definition) is 4. The number of Topliss-reactive ketones (excluding diaryl/α,β-unsaturated/α-hetero) is 1. The summed E-state index contributed by atoms with van der Waals surface area (Å²) in [6.45, 7) is 0.378. The average molecular weight is 257 g/mol. The largest absolute Gasteiger partial charge is 0.486 e. The number of ketones is 1. The van der Waals surface area contributed by atoms with Crippen LogP contribution in [-0.4, -0.2) is 20.5 Å². The predicted molar refractivity (Wildman–Crippen MR) is 69.0 cm³/mol. The summed E-state index contributed by atoms with van der Waals surface area (Å²) in [5.74, 6) is 1.78. The van der Waals surface area contributed by atoms with Crippen LogP contribution in [0.15, 0.2) is 24.5 Å². The summed E-state index contributed by atoms with van der Waals surface area (Å²) in [5, 5.41) is 7.77. The zero-order valence-electron chi connectivity index (χ0n) is 10.8. The highest BCUT2D eigenvalue weighted by atomic mass is 16.5. The molecule has 0 bridgehead atoms.